The molecule has 0 fully saturated rings. The zero-order chi connectivity index (χ0) is 15.4. The summed E-state index contributed by atoms with van der Waals surface area (Å²) in [6, 6.07) is 0. The topological polar surface area (TPSA) is 108 Å². The van der Waals surface area contributed by atoms with E-state index in [0.717, 1.165) is 6.42 Å². The molecule has 2 aromatic rings. The smallest absolute Gasteiger partial charge is 0.352 e. The van der Waals surface area contributed by atoms with Gasteiger partial charge in [0.2, 0.25) is 5.95 Å². The molecule has 2 aromatic heterocycles. The van der Waals surface area contributed by atoms with Gasteiger partial charge in [-0.1, -0.05) is 6.92 Å². The lowest BCUT2D eigenvalue weighted by Crippen LogP contribution is -2.08. The third-order valence-electron chi connectivity index (χ3n) is 2.64. The van der Waals surface area contributed by atoms with Crippen LogP contribution < -0.4 is 10.1 Å². The summed E-state index contributed by atoms with van der Waals surface area (Å²) in [7, 11) is 1.72. The molecule has 0 saturated carbocycles. The van der Waals surface area contributed by atoms with Crippen molar-refractivity contribution in [2.45, 2.75) is 20.3 Å². The summed E-state index contributed by atoms with van der Waals surface area (Å²) in [5, 5.41) is 18.1. The zero-order valence-electron chi connectivity index (χ0n) is 12.0. The highest BCUT2D eigenvalue weighted by Crippen LogP contribution is 2.32. The van der Waals surface area contributed by atoms with Crippen LogP contribution in [0.2, 0.25) is 0 Å². The Bertz CT molecular complexity index is 654. The molecule has 2 heterocycles. The van der Waals surface area contributed by atoms with Crippen molar-refractivity contribution in [3.63, 3.8) is 0 Å². The molecule has 0 amide bonds. The molecule has 0 aliphatic rings. The number of aryl methyl sites for hydroxylation is 2. The van der Waals surface area contributed by atoms with Gasteiger partial charge in [0.15, 0.2) is 5.75 Å². The Hall–Kier alpha value is -2.71. The van der Waals surface area contributed by atoms with Gasteiger partial charge in [-0.25, -0.2) is 4.98 Å². The molecule has 0 bridgehead atoms. The Kier molecular flexibility index (Phi) is 4.31. The van der Waals surface area contributed by atoms with Crippen LogP contribution in [0.3, 0.4) is 0 Å². The predicted octanol–water partition coefficient (Wildman–Crippen LogP) is 2.04. The van der Waals surface area contributed by atoms with Crippen molar-refractivity contribution in [2.24, 2.45) is 7.05 Å². The second-order valence-electron chi connectivity index (χ2n) is 4.42. The second-order valence-corrected chi connectivity index (χ2v) is 4.42. The molecule has 0 unspecified atom stereocenters. The van der Waals surface area contributed by atoms with Gasteiger partial charge in [0.25, 0.3) is 0 Å². The highest BCUT2D eigenvalue weighted by atomic mass is 16.6. The van der Waals surface area contributed by atoms with Crippen molar-refractivity contribution in [2.75, 3.05) is 11.9 Å². The number of hydrogen-bond donors (Lipinski definition) is 1. The van der Waals surface area contributed by atoms with Crippen LogP contribution in [0.4, 0.5) is 11.6 Å². The Morgan fingerprint density at radius 2 is 2.24 bits per heavy atom. The minimum atomic E-state index is -0.551. The summed E-state index contributed by atoms with van der Waals surface area (Å²) in [6.45, 7) is 4.22. The molecule has 21 heavy (non-hydrogen) atoms. The molecule has 0 aliphatic carbocycles. The molecule has 0 aromatic carbocycles. The van der Waals surface area contributed by atoms with Gasteiger partial charge < -0.3 is 10.1 Å². The molecule has 2 rings (SSSR count). The van der Waals surface area contributed by atoms with Gasteiger partial charge >= 0.3 is 11.6 Å². The maximum atomic E-state index is 11.2. The number of nitrogens with zero attached hydrogens (tertiary/aromatic N) is 5. The number of ether oxygens (including phenoxy) is 1. The Balaban J connectivity index is 2.39. The minimum absolute atomic E-state index is 0.0981. The largest absolute Gasteiger partial charge is 0.430 e. The SMILES string of the molecule is CCCNc1nc(C)c([N+](=O)[O-])c(Oc2cnn(C)c2)n1. The quantitative estimate of drug-likeness (QED) is 0.641. The second kappa shape index (κ2) is 6.16. The molecule has 9 heteroatoms. The molecular weight excluding hydrogens is 276 g/mol. The first-order valence-electron chi connectivity index (χ1n) is 6.44. The lowest BCUT2D eigenvalue weighted by molar-refractivity contribution is -0.386. The summed E-state index contributed by atoms with van der Waals surface area (Å²) in [5.41, 5.74) is -0.00612. The molecule has 0 spiro atoms. The van der Waals surface area contributed by atoms with Crippen molar-refractivity contribution in [3.8, 4) is 11.6 Å². The molecule has 0 aliphatic heterocycles. The molecule has 112 valence electrons. The van der Waals surface area contributed by atoms with Gasteiger partial charge in [0, 0.05) is 13.6 Å². The van der Waals surface area contributed by atoms with Crippen LogP contribution in [-0.4, -0.2) is 31.2 Å². The number of nitro groups is 1. The van der Waals surface area contributed by atoms with Crippen LogP contribution in [0.5, 0.6) is 11.6 Å². The third-order valence-corrected chi connectivity index (χ3v) is 2.64. The van der Waals surface area contributed by atoms with Crippen LogP contribution in [0.25, 0.3) is 0 Å². The third kappa shape index (κ3) is 3.44. The van der Waals surface area contributed by atoms with Gasteiger partial charge in [-0.15, -0.1) is 0 Å². The van der Waals surface area contributed by atoms with Crippen LogP contribution in [-0.2, 0) is 7.05 Å². The fourth-order valence-electron chi connectivity index (χ4n) is 1.70. The fourth-order valence-corrected chi connectivity index (χ4v) is 1.70. The average molecular weight is 292 g/mol. The average Bonchev–Trinajstić information content (AvgIpc) is 2.80. The molecule has 9 nitrogen and oxygen atoms in total. The normalized spacial score (nSPS) is 10.4. The summed E-state index contributed by atoms with van der Waals surface area (Å²) in [4.78, 5) is 18.8. The molecule has 0 saturated heterocycles. The summed E-state index contributed by atoms with van der Waals surface area (Å²) in [6.07, 6.45) is 3.94. The molecule has 0 atom stereocenters. The van der Waals surface area contributed by atoms with E-state index in [4.69, 9.17) is 4.74 Å². The van der Waals surface area contributed by atoms with E-state index in [1.165, 1.54) is 10.9 Å². The highest BCUT2D eigenvalue weighted by molar-refractivity contribution is 5.50. The zero-order valence-corrected chi connectivity index (χ0v) is 12.0. The number of nitrogens with one attached hydrogen (secondary N) is 1. The van der Waals surface area contributed by atoms with E-state index in [1.807, 2.05) is 6.92 Å². The Morgan fingerprint density at radius 1 is 1.48 bits per heavy atom. The van der Waals surface area contributed by atoms with Gasteiger partial charge in [-0.05, 0) is 13.3 Å². The van der Waals surface area contributed by atoms with Gasteiger partial charge in [0.1, 0.15) is 5.69 Å². The summed E-state index contributed by atoms with van der Waals surface area (Å²) < 4.78 is 7.01. The first-order chi connectivity index (χ1) is 10.0. The van der Waals surface area contributed by atoms with Gasteiger partial charge in [0.05, 0.1) is 17.3 Å². The lowest BCUT2D eigenvalue weighted by Gasteiger charge is -2.08. The molecular formula is C12H16N6O3. The first kappa shape index (κ1) is 14.7. The van der Waals surface area contributed by atoms with Crippen LogP contribution in [0.1, 0.15) is 19.0 Å². The van der Waals surface area contributed by atoms with E-state index >= 15 is 0 Å². The Morgan fingerprint density at radius 3 is 2.81 bits per heavy atom. The minimum Gasteiger partial charge on any atom is -0.430 e. The Labute approximate surface area is 121 Å². The van der Waals surface area contributed by atoms with Crippen molar-refractivity contribution >= 4 is 11.6 Å². The number of anilines is 1. The van der Waals surface area contributed by atoms with Crippen LogP contribution in [0.15, 0.2) is 12.4 Å². The standard InChI is InChI=1S/C12H16N6O3/c1-4-5-13-12-15-8(2)10(18(19)20)11(16-12)21-9-6-14-17(3)7-9/h6-7H,4-5H2,1-3H3,(H,13,15,16). The van der Waals surface area contributed by atoms with Crippen LogP contribution >= 0.6 is 0 Å². The van der Waals surface area contributed by atoms with E-state index in [1.54, 1.807) is 20.2 Å². The maximum Gasteiger partial charge on any atom is 0.352 e. The molecule has 0 radical (unpaired) electrons. The number of aromatic nitrogens is 4. The van der Waals surface area contributed by atoms with Crippen molar-refractivity contribution in [1.29, 1.82) is 0 Å². The van der Waals surface area contributed by atoms with Gasteiger partial charge in [-0.3, -0.25) is 14.8 Å². The van der Waals surface area contributed by atoms with E-state index in [0.29, 0.717) is 18.2 Å². The van der Waals surface area contributed by atoms with E-state index < -0.39 is 4.92 Å². The maximum absolute atomic E-state index is 11.2. The number of hydrogen-bond acceptors (Lipinski definition) is 7. The monoisotopic (exact) mass is 292 g/mol. The molecule has 1 N–H and O–H groups in total. The van der Waals surface area contributed by atoms with Crippen molar-refractivity contribution in [1.82, 2.24) is 19.7 Å². The summed E-state index contributed by atoms with van der Waals surface area (Å²) in [5.74, 6) is 0.582. The fraction of sp³-hybridized carbons (Fsp3) is 0.417. The number of rotatable bonds is 6. The lowest BCUT2D eigenvalue weighted by atomic mass is 10.3. The van der Waals surface area contributed by atoms with E-state index in [-0.39, 0.29) is 17.3 Å². The van der Waals surface area contributed by atoms with Crippen molar-refractivity contribution in [3.05, 3.63) is 28.2 Å². The highest BCUT2D eigenvalue weighted by Gasteiger charge is 2.24. The van der Waals surface area contributed by atoms with Crippen molar-refractivity contribution < 1.29 is 9.66 Å². The van der Waals surface area contributed by atoms with Crippen LogP contribution in [0, 0.1) is 17.0 Å². The predicted molar refractivity (Wildman–Crippen MR) is 75.5 cm³/mol. The first-order valence-corrected chi connectivity index (χ1v) is 6.44. The van der Waals surface area contributed by atoms with Gasteiger partial charge in [-0.2, -0.15) is 10.1 Å². The summed E-state index contributed by atoms with van der Waals surface area (Å²) >= 11 is 0. The van der Waals surface area contributed by atoms with E-state index in [2.05, 4.69) is 20.4 Å². The van der Waals surface area contributed by atoms with E-state index in [9.17, 15) is 10.1 Å².